The number of hydrogen-bond donors (Lipinski definition) is 0. The van der Waals surface area contributed by atoms with Gasteiger partial charge in [0, 0.05) is 22.1 Å². The molecule has 0 bridgehead atoms. The second-order valence-corrected chi connectivity index (χ2v) is 12.4. The van der Waals surface area contributed by atoms with E-state index in [1.54, 1.807) is 25.1 Å². The summed E-state index contributed by atoms with van der Waals surface area (Å²) in [5.41, 5.74) is 1.93. The van der Waals surface area contributed by atoms with Crippen LogP contribution in [-0.2, 0) is 25.6 Å². The highest BCUT2D eigenvalue weighted by Crippen LogP contribution is 2.41. The van der Waals surface area contributed by atoms with Gasteiger partial charge in [0.15, 0.2) is 9.84 Å². The molecule has 1 aromatic heterocycles. The van der Waals surface area contributed by atoms with E-state index in [-0.39, 0.29) is 28.8 Å². The second-order valence-electron chi connectivity index (χ2n) is 7.60. The highest BCUT2D eigenvalue weighted by atomic mass is 79.9. The number of anilines is 1. The van der Waals surface area contributed by atoms with Crippen molar-refractivity contribution in [1.82, 2.24) is 0 Å². The summed E-state index contributed by atoms with van der Waals surface area (Å²) in [6.45, 7) is 3.98. The number of benzene rings is 2. The molecule has 0 aliphatic rings. The zero-order chi connectivity index (χ0) is 23.5. The lowest BCUT2D eigenvalue weighted by Gasteiger charge is -2.21. The van der Waals surface area contributed by atoms with Crippen molar-refractivity contribution in [2.45, 2.75) is 37.3 Å². The first-order chi connectivity index (χ1) is 15.0. The number of sulfone groups is 1. The normalized spacial score (nSPS) is 12.1. The predicted molar refractivity (Wildman–Crippen MR) is 131 cm³/mol. The molecule has 0 amide bonds. The van der Waals surface area contributed by atoms with Gasteiger partial charge in [0.25, 0.3) is 0 Å². The molecule has 0 aliphatic heterocycles. The van der Waals surface area contributed by atoms with Gasteiger partial charge in [0.05, 0.1) is 11.2 Å². The van der Waals surface area contributed by atoms with Crippen LogP contribution in [0.25, 0.3) is 11.1 Å². The topological polar surface area (TPSA) is 84.7 Å². The van der Waals surface area contributed by atoms with Crippen LogP contribution in [0.2, 0.25) is 0 Å². The van der Waals surface area contributed by atoms with Crippen molar-refractivity contribution < 1.29 is 21.3 Å². The van der Waals surface area contributed by atoms with Gasteiger partial charge in [-0.3, -0.25) is 0 Å². The zero-order valence-electron chi connectivity index (χ0n) is 18.2. The molecule has 1 heterocycles. The lowest BCUT2D eigenvalue weighted by atomic mass is 10.0. The molecule has 3 rings (SSSR count). The van der Waals surface area contributed by atoms with Crippen molar-refractivity contribution in [2.75, 3.05) is 17.1 Å². The maximum Gasteiger partial charge on any atom is 0.234 e. The number of rotatable bonds is 9. The standard InChI is InChI=1S/C23H26BrNO5S2/c1-4-5-15-25(31(3,26)27)23-22(18-11-13-19(24)14-12-18)17(2)21(30-23)16-32(28,29)20-9-7-6-8-10-20/h6-14H,4-5,15-16H2,1-3H3. The number of nitrogens with zero attached hydrogens (tertiary/aromatic N) is 1. The molecule has 3 aromatic rings. The largest absolute Gasteiger partial charge is 0.442 e. The number of furan rings is 1. The first kappa shape index (κ1) is 24.5. The summed E-state index contributed by atoms with van der Waals surface area (Å²) in [5, 5.41) is 0. The van der Waals surface area contributed by atoms with Gasteiger partial charge in [-0.15, -0.1) is 0 Å². The van der Waals surface area contributed by atoms with Crippen LogP contribution in [0, 0.1) is 6.92 Å². The molecule has 2 aromatic carbocycles. The third-order valence-corrected chi connectivity index (χ3v) is 8.44. The molecule has 0 spiro atoms. The Balaban J connectivity index is 2.18. The molecule has 9 heteroatoms. The summed E-state index contributed by atoms with van der Waals surface area (Å²) in [4.78, 5) is 0.188. The van der Waals surface area contributed by atoms with Crippen LogP contribution in [0.4, 0.5) is 5.88 Å². The van der Waals surface area contributed by atoms with Gasteiger partial charge in [-0.1, -0.05) is 59.6 Å². The van der Waals surface area contributed by atoms with Gasteiger partial charge in [-0.25, -0.2) is 21.1 Å². The smallest absolute Gasteiger partial charge is 0.234 e. The van der Waals surface area contributed by atoms with E-state index in [1.807, 2.05) is 31.2 Å². The van der Waals surface area contributed by atoms with Crippen molar-refractivity contribution in [3.05, 3.63) is 70.4 Å². The van der Waals surface area contributed by atoms with Gasteiger partial charge < -0.3 is 4.42 Å². The van der Waals surface area contributed by atoms with E-state index in [2.05, 4.69) is 15.9 Å². The Morgan fingerprint density at radius 3 is 2.16 bits per heavy atom. The molecule has 0 radical (unpaired) electrons. The van der Waals surface area contributed by atoms with Crippen LogP contribution in [0.15, 0.2) is 68.4 Å². The molecular weight excluding hydrogens is 514 g/mol. The zero-order valence-corrected chi connectivity index (χ0v) is 21.4. The van der Waals surface area contributed by atoms with E-state index in [1.165, 1.54) is 16.4 Å². The molecule has 0 unspecified atom stereocenters. The molecule has 0 saturated carbocycles. The Kier molecular flexibility index (Phi) is 7.52. The Hall–Kier alpha value is -2.10. The molecule has 0 atom stereocenters. The van der Waals surface area contributed by atoms with Gasteiger partial charge in [-0.05, 0) is 43.2 Å². The van der Waals surface area contributed by atoms with Crippen molar-refractivity contribution in [2.24, 2.45) is 0 Å². The molecule has 32 heavy (non-hydrogen) atoms. The minimum absolute atomic E-state index is 0.152. The number of sulfonamides is 1. The summed E-state index contributed by atoms with van der Waals surface area (Å²) in [6, 6.07) is 15.5. The predicted octanol–water partition coefficient (Wildman–Crippen LogP) is 5.56. The maximum atomic E-state index is 13.0. The van der Waals surface area contributed by atoms with Gasteiger partial charge in [0.1, 0.15) is 11.5 Å². The van der Waals surface area contributed by atoms with E-state index >= 15 is 0 Å². The molecule has 0 fully saturated rings. The van der Waals surface area contributed by atoms with Crippen LogP contribution in [0.3, 0.4) is 0 Å². The van der Waals surface area contributed by atoms with Crippen LogP contribution >= 0.6 is 15.9 Å². The first-order valence-corrected chi connectivity index (χ1v) is 14.5. The van der Waals surface area contributed by atoms with E-state index in [4.69, 9.17) is 4.42 Å². The molecule has 6 nitrogen and oxygen atoms in total. The minimum atomic E-state index is -3.68. The highest BCUT2D eigenvalue weighted by molar-refractivity contribution is 9.10. The van der Waals surface area contributed by atoms with Crippen molar-refractivity contribution in [3.63, 3.8) is 0 Å². The van der Waals surface area contributed by atoms with Crippen LogP contribution < -0.4 is 4.31 Å². The van der Waals surface area contributed by atoms with Gasteiger partial charge in [0.2, 0.25) is 15.9 Å². The third-order valence-electron chi connectivity index (χ3n) is 5.12. The third kappa shape index (κ3) is 5.44. The summed E-state index contributed by atoms with van der Waals surface area (Å²) < 4.78 is 59.4. The van der Waals surface area contributed by atoms with Crippen LogP contribution in [-0.4, -0.2) is 29.6 Å². The van der Waals surface area contributed by atoms with Crippen molar-refractivity contribution in [3.8, 4) is 11.1 Å². The molecule has 0 saturated heterocycles. The lowest BCUT2D eigenvalue weighted by Crippen LogP contribution is -2.30. The highest BCUT2D eigenvalue weighted by Gasteiger charge is 2.30. The Bertz CT molecular complexity index is 1280. The quantitative estimate of drug-likeness (QED) is 0.355. The van der Waals surface area contributed by atoms with Crippen molar-refractivity contribution >= 4 is 41.7 Å². The number of unbranched alkanes of at least 4 members (excludes halogenated alkanes) is 1. The summed E-state index contributed by atoms with van der Waals surface area (Å²) in [7, 11) is -7.32. The van der Waals surface area contributed by atoms with E-state index in [9.17, 15) is 16.8 Å². The van der Waals surface area contributed by atoms with Gasteiger partial charge >= 0.3 is 0 Å². The Morgan fingerprint density at radius 1 is 0.969 bits per heavy atom. The molecular formula is C23H26BrNO5S2. The van der Waals surface area contributed by atoms with Gasteiger partial charge in [-0.2, -0.15) is 0 Å². The summed E-state index contributed by atoms with van der Waals surface area (Å²) in [5.74, 6) is 0.0172. The van der Waals surface area contributed by atoms with E-state index < -0.39 is 19.9 Å². The second kappa shape index (κ2) is 9.80. The molecule has 0 aliphatic carbocycles. The molecule has 172 valence electrons. The molecule has 0 N–H and O–H groups in total. The summed E-state index contributed by atoms with van der Waals surface area (Å²) >= 11 is 3.41. The fraction of sp³-hybridized carbons (Fsp3) is 0.304. The van der Waals surface area contributed by atoms with Crippen LogP contribution in [0.1, 0.15) is 31.1 Å². The number of halogens is 1. The lowest BCUT2D eigenvalue weighted by molar-refractivity contribution is 0.514. The monoisotopic (exact) mass is 539 g/mol. The SMILES string of the molecule is CCCCN(c1oc(CS(=O)(=O)c2ccccc2)c(C)c1-c1ccc(Br)cc1)S(C)(=O)=O. The average molecular weight is 541 g/mol. The first-order valence-electron chi connectivity index (χ1n) is 10.2. The minimum Gasteiger partial charge on any atom is -0.442 e. The maximum absolute atomic E-state index is 13.0. The Morgan fingerprint density at radius 2 is 1.59 bits per heavy atom. The fourth-order valence-corrected chi connectivity index (χ4v) is 5.93. The van der Waals surface area contributed by atoms with Crippen LogP contribution in [0.5, 0.6) is 0 Å². The van der Waals surface area contributed by atoms with E-state index in [0.29, 0.717) is 17.5 Å². The average Bonchev–Trinajstić information content (AvgIpc) is 3.04. The number of hydrogen-bond acceptors (Lipinski definition) is 5. The fourth-order valence-electron chi connectivity index (χ4n) is 3.42. The Labute approximate surface area is 198 Å². The van der Waals surface area contributed by atoms with Crippen molar-refractivity contribution in [1.29, 1.82) is 0 Å². The van der Waals surface area contributed by atoms with E-state index in [0.717, 1.165) is 22.7 Å². The summed E-state index contributed by atoms with van der Waals surface area (Å²) in [6.07, 6.45) is 2.57.